The summed E-state index contributed by atoms with van der Waals surface area (Å²) >= 11 is 1.03. The highest BCUT2D eigenvalue weighted by Gasteiger charge is 2.37. The summed E-state index contributed by atoms with van der Waals surface area (Å²) in [7, 11) is -1.43. The molecule has 0 radical (unpaired) electrons. The number of anilines is 1. The van der Waals surface area contributed by atoms with Crippen LogP contribution in [0.25, 0.3) is 0 Å². The van der Waals surface area contributed by atoms with Crippen LogP contribution < -0.4 is 11.1 Å². The number of hydrogen-bond donors (Lipinski definition) is 5. The lowest BCUT2D eigenvalue weighted by atomic mass is 9.72. The number of nitrogens with one attached hydrogen (secondary N) is 1. The van der Waals surface area contributed by atoms with Gasteiger partial charge in [-0.05, 0) is 19.4 Å². The molecule has 2 atom stereocenters. The summed E-state index contributed by atoms with van der Waals surface area (Å²) in [6, 6.07) is 0. The zero-order valence-electron chi connectivity index (χ0n) is 14.4. The number of nitrogens with two attached hydrogens (primary N) is 1. The van der Waals surface area contributed by atoms with Gasteiger partial charge < -0.3 is 35.8 Å². The minimum Gasteiger partial charge on any atom is -0.481 e. The number of nitrogens with zero attached hydrogens (tertiary/aromatic N) is 2. The molecule has 0 bridgehead atoms. The monoisotopic (exact) mass is 412 g/mol. The fourth-order valence-electron chi connectivity index (χ4n) is 2.33. The first kappa shape index (κ1) is 21.3. The molecule has 150 valence electrons. The van der Waals surface area contributed by atoms with E-state index < -0.39 is 42.8 Å². The number of amides is 1. The maximum Gasteiger partial charge on any atom is 0.478 e. The smallest absolute Gasteiger partial charge is 0.478 e. The summed E-state index contributed by atoms with van der Waals surface area (Å²) in [5.41, 5.74) is 5.20. The number of carbonyl (C=O) groups is 3. The van der Waals surface area contributed by atoms with Crippen LogP contribution in [-0.4, -0.2) is 62.9 Å². The Labute approximate surface area is 162 Å². The standard InChI is InChI=1S/C14H17BN4O8S/c1-6(13(23)24)27-19-11(8-5-28-14(16)17-8)12(22)18-9-3-2-7(4-10(20)21)26-15(9)25/h5,7,9,25H,1-4H2,(H2,16,17)(H,18,22)(H,20,21)(H,23,24)/b19-11-/t7-,9-/m0/s1. The third-order valence-electron chi connectivity index (χ3n) is 3.66. The topological polar surface area (TPSA) is 194 Å². The van der Waals surface area contributed by atoms with Gasteiger partial charge in [-0.25, -0.2) is 9.78 Å². The average Bonchev–Trinajstić information content (AvgIpc) is 3.02. The molecular weight excluding hydrogens is 395 g/mol. The molecule has 1 amide bonds. The first-order valence-corrected chi connectivity index (χ1v) is 8.80. The minimum absolute atomic E-state index is 0.0353. The Morgan fingerprint density at radius 2 is 2.18 bits per heavy atom. The van der Waals surface area contributed by atoms with Crippen molar-refractivity contribution >= 4 is 47.1 Å². The van der Waals surface area contributed by atoms with E-state index in [-0.39, 0.29) is 29.4 Å². The van der Waals surface area contributed by atoms with E-state index in [1.807, 2.05) is 0 Å². The molecular formula is C14H17BN4O8S. The van der Waals surface area contributed by atoms with E-state index in [4.69, 9.17) is 20.6 Å². The number of rotatable bonds is 8. The average molecular weight is 412 g/mol. The molecule has 1 saturated heterocycles. The lowest BCUT2D eigenvalue weighted by Crippen LogP contribution is -2.54. The predicted octanol–water partition coefficient (Wildman–Crippen LogP) is -0.797. The molecule has 1 aliphatic rings. The lowest BCUT2D eigenvalue weighted by molar-refractivity contribution is -0.139. The molecule has 14 heteroatoms. The van der Waals surface area contributed by atoms with Gasteiger partial charge >= 0.3 is 19.1 Å². The summed E-state index contributed by atoms with van der Waals surface area (Å²) in [5, 5.41) is 35.1. The summed E-state index contributed by atoms with van der Waals surface area (Å²) in [4.78, 5) is 42.6. The highest BCUT2D eigenvalue weighted by atomic mass is 32.1. The van der Waals surface area contributed by atoms with Gasteiger partial charge in [0.15, 0.2) is 10.8 Å². The van der Waals surface area contributed by atoms with E-state index >= 15 is 0 Å². The zero-order valence-corrected chi connectivity index (χ0v) is 15.2. The lowest BCUT2D eigenvalue weighted by Gasteiger charge is -2.30. The van der Waals surface area contributed by atoms with Crippen molar-refractivity contribution in [3.63, 3.8) is 0 Å². The van der Waals surface area contributed by atoms with Crippen molar-refractivity contribution in [3.8, 4) is 0 Å². The summed E-state index contributed by atoms with van der Waals surface area (Å²) in [6.45, 7) is 3.13. The maximum absolute atomic E-state index is 12.6. The normalized spacial score (nSPS) is 19.8. The first-order valence-electron chi connectivity index (χ1n) is 7.92. The number of carboxylic acids is 2. The van der Waals surface area contributed by atoms with Crippen LogP contribution in [0.5, 0.6) is 0 Å². The molecule has 0 spiro atoms. The van der Waals surface area contributed by atoms with Crippen LogP contribution in [0.2, 0.25) is 0 Å². The Hall–Kier alpha value is -2.97. The zero-order chi connectivity index (χ0) is 20.8. The Bertz CT molecular complexity index is 813. The Morgan fingerprint density at radius 1 is 1.46 bits per heavy atom. The summed E-state index contributed by atoms with van der Waals surface area (Å²) in [5.74, 6) is -4.92. The first-order chi connectivity index (χ1) is 13.2. The number of carbonyl (C=O) groups excluding carboxylic acids is 1. The number of hydrogen-bond acceptors (Lipinski definition) is 10. The molecule has 1 aliphatic heterocycles. The van der Waals surface area contributed by atoms with Crippen LogP contribution >= 0.6 is 11.3 Å². The van der Waals surface area contributed by atoms with Gasteiger partial charge in [0.1, 0.15) is 5.69 Å². The number of nitrogen functional groups attached to an aromatic ring is 1. The Kier molecular flexibility index (Phi) is 7.09. The Balaban J connectivity index is 2.10. The van der Waals surface area contributed by atoms with Crippen molar-refractivity contribution in [2.45, 2.75) is 31.3 Å². The summed E-state index contributed by atoms with van der Waals surface area (Å²) < 4.78 is 5.19. The van der Waals surface area contributed by atoms with Crippen LogP contribution in [-0.2, 0) is 23.9 Å². The summed E-state index contributed by atoms with van der Waals surface area (Å²) in [6.07, 6.45) is -0.390. The quantitative estimate of drug-likeness (QED) is 0.119. The van der Waals surface area contributed by atoms with E-state index in [1.165, 1.54) is 5.38 Å². The van der Waals surface area contributed by atoms with E-state index in [1.54, 1.807) is 0 Å². The SMILES string of the molecule is C=C(O/N=C(\C(=O)N[C@H]1CC[C@@H](CC(=O)O)OB1O)c1csc(N)n1)C(=O)O. The fourth-order valence-corrected chi connectivity index (χ4v) is 2.88. The second-order valence-electron chi connectivity index (χ2n) is 5.73. The van der Waals surface area contributed by atoms with Crippen molar-refractivity contribution in [1.29, 1.82) is 0 Å². The third-order valence-corrected chi connectivity index (χ3v) is 4.33. The number of thiazole rings is 1. The van der Waals surface area contributed by atoms with Crippen LogP contribution in [0.15, 0.2) is 22.9 Å². The van der Waals surface area contributed by atoms with E-state index in [0.717, 1.165) is 11.3 Å². The van der Waals surface area contributed by atoms with Crippen LogP contribution in [0.1, 0.15) is 25.0 Å². The van der Waals surface area contributed by atoms with Gasteiger partial charge in [-0.1, -0.05) is 5.16 Å². The van der Waals surface area contributed by atoms with Gasteiger partial charge in [-0.3, -0.25) is 9.59 Å². The highest BCUT2D eigenvalue weighted by Crippen LogP contribution is 2.19. The van der Waals surface area contributed by atoms with Crippen molar-refractivity contribution in [2.75, 3.05) is 5.73 Å². The van der Waals surface area contributed by atoms with Crippen molar-refractivity contribution in [1.82, 2.24) is 10.3 Å². The molecule has 2 rings (SSSR count). The maximum atomic E-state index is 12.6. The third kappa shape index (κ3) is 5.77. The molecule has 0 unspecified atom stereocenters. The van der Waals surface area contributed by atoms with Crippen LogP contribution in [0.3, 0.4) is 0 Å². The second-order valence-corrected chi connectivity index (χ2v) is 6.62. The molecule has 2 heterocycles. The van der Waals surface area contributed by atoms with Crippen molar-refractivity contribution in [2.24, 2.45) is 5.16 Å². The number of aromatic nitrogens is 1. The van der Waals surface area contributed by atoms with E-state index in [2.05, 4.69) is 26.9 Å². The Morgan fingerprint density at radius 3 is 2.71 bits per heavy atom. The van der Waals surface area contributed by atoms with E-state index in [9.17, 15) is 19.4 Å². The van der Waals surface area contributed by atoms with Gasteiger partial charge in [0.05, 0.1) is 18.5 Å². The molecule has 0 saturated carbocycles. The molecule has 28 heavy (non-hydrogen) atoms. The van der Waals surface area contributed by atoms with E-state index in [0.29, 0.717) is 6.42 Å². The molecule has 0 aromatic carbocycles. The molecule has 0 aliphatic carbocycles. The van der Waals surface area contributed by atoms with Crippen LogP contribution in [0, 0.1) is 0 Å². The number of carboxylic acid groups (broad SMARTS) is 2. The van der Waals surface area contributed by atoms with Gasteiger partial charge in [0.25, 0.3) is 5.91 Å². The van der Waals surface area contributed by atoms with Crippen molar-refractivity contribution in [3.05, 3.63) is 23.4 Å². The predicted molar refractivity (Wildman–Crippen MR) is 97.2 cm³/mol. The van der Waals surface area contributed by atoms with Gasteiger partial charge in [0, 0.05) is 5.38 Å². The van der Waals surface area contributed by atoms with Gasteiger partial charge in [0.2, 0.25) is 5.76 Å². The molecule has 12 nitrogen and oxygen atoms in total. The second kappa shape index (κ2) is 9.30. The van der Waals surface area contributed by atoms with Crippen LogP contribution in [0.4, 0.5) is 5.13 Å². The molecule has 1 aromatic heterocycles. The molecule has 1 aromatic rings. The largest absolute Gasteiger partial charge is 0.481 e. The fraction of sp³-hybridized carbons (Fsp3) is 0.357. The minimum atomic E-state index is -1.47. The molecule has 1 fully saturated rings. The highest BCUT2D eigenvalue weighted by molar-refractivity contribution is 7.13. The van der Waals surface area contributed by atoms with Crippen molar-refractivity contribution < 1.29 is 39.1 Å². The number of aliphatic carboxylic acids is 2. The van der Waals surface area contributed by atoms with Gasteiger partial charge in [-0.15, -0.1) is 11.3 Å². The van der Waals surface area contributed by atoms with Gasteiger partial charge in [-0.2, -0.15) is 0 Å². The molecule has 6 N–H and O–H groups in total. The number of oxime groups is 1.